The van der Waals surface area contributed by atoms with Gasteiger partial charge in [0.2, 0.25) is 5.88 Å². The Hall–Kier alpha value is -1.81. The molecule has 0 amide bonds. The Morgan fingerprint density at radius 1 is 1.18 bits per heavy atom. The van der Waals surface area contributed by atoms with Gasteiger partial charge in [-0.05, 0) is 69.4 Å². The quantitative estimate of drug-likeness (QED) is 0.920. The number of piperidine rings is 1. The van der Waals surface area contributed by atoms with Crippen molar-refractivity contribution in [3.8, 4) is 5.88 Å². The highest BCUT2D eigenvalue weighted by molar-refractivity contribution is 5.89. The monoisotopic (exact) mass is 299 g/mol. The van der Waals surface area contributed by atoms with Crippen LogP contribution in [0.4, 0.5) is 5.69 Å². The van der Waals surface area contributed by atoms with Crippen molar-refractivity contribution in [2.75, 3.05) is 31.1 Å². The molecule has 0 radical (unpaired) electrons. The zero-order chi connectivity index (χ0) is 15.4. The minimum absolute atomic E-state index is 0.279. The van der Waals surface area contributed by atoms with Crippen LogP contribution in [0.25, 0.3) is 10.8 Å². The summed E-state index contributed by atoms with van der Waals surface area (Å²) in [6, 6.07) is 8.62. The molecule has 1 aliphatic rings. The molecule has 0 bridgehead atoms. The first-order chi connectivity index (χ1) is 10.8. The normalized spacial score (nSPS) is 15.9. The van der Waals surface area contributed by atoms with Gasteiger partial charge >= 0.3 is 0 Å². The van der Waals surface area contributed by atoms with Crippen molar-refractivity contribution in [3.05, 3.63) is 30.5 Å². The van der Waals surface area contributed by atoms with Crippen LogP contribution in [0.1, 0.15) is 26.7 Å². The van der Waals surface area contributed by atoms with E-state index >= 15 is 0 Å². The molecule has 1 fully saturated rings. The summed E-state index contributed by atoms with van der Waals surface area (Å²) in [7, 11) is 0. The summed E-state index contributed by atoms with van der Waals surface area (Å²) < 4.78 is 6.16. The van der Waals surface area contributed by atoms with Crippen molar-refractivity contribution < 1.29 is 4.74 Å². The van der Waals surface area contributed by atoms with Crippen molar-refractivity contribution in [1.82, 2.24) is 10.3 Å². The van der Waals surface area contributed by atoms with Crippen molar-refractivity contribution in [1.29, 1.82) is 0 Å². The third-order valence-electron chi connectivity index (χ3n) is 4.40. The average Bonchev–Trinajstić information content (AvgIpc) is 2.57. The highest BCUT2D eigenvalue weighted by Gasteiger charge is 2.16. The maximum Gasteiger partial charge on any atom is 0.221 e. The standard InChI is InChI=1S/C18H25N3O/c1-3-21(4-2)15-5-6-17-14(13-15)7-12-20-18(17)22-16-8-10-19-11-9-16/h5-7,12-13,16,19H,3-4,8-11H2,1-2H3. The Balaban J connectivity index is 1.88. The number of anilines is 1. The van der Waals surface area contributed by atoms with Gasteiger partial charge in [0, 0.05) is 30.4 Å². The number of rotatable bonds is 5. The lowest BCUT2D eigenvalue weighted by Gasteiger charge is -2.24. The molecule has 0 saturated carbocycles. The second-order valence-corrected chi connectivity index (χ2v) is 5.76. The molecule has 0 aliphatic carbocycles. The first-order valence-electron chi connectivity index (χ1n) is 8.33. The number of aromatic nitrogens is 1. The van der Waals surface area contributed by atoms with E-state index in [9.17, 15) is 0 Å². The fourth-order valence-corrected chi connectivity index (χ4v) is 3.09. The van der Waals surface area contributed by atoms with E-state index < -0.39 is 0 Å². The van der Waals surface area contributed by atoms with Gasteiger partial charge in [-0.15, -0.1) is 0 Å². The van der Waals surface area contributed by atoms with E-state index in [4.69, 9.17) is 4.74 Å². The van der Waals surface area contributed by atoms with Crippen molar-refractivity contribution in [2.24, 2.45) is 0 Å². The summed E-state index contributed by atoms with van der Waals surface area (Å²) in [6.07, 6.45) is 4.23. The third-order valence-corrected chi connectivity index (χ3v) is 4.40. The Bertz CT molecular complexity index is 619. The smallest absolute Gasteiger partial charge is 0.221 e. The zero-order valence-electron chi connectivity index (χ0n) is 13.5. The molecule has 118 valence electrons. The van der Waals surface area contributed by atoms with Crippen molar-refractivity contribution >= 4 is 16.5 Å². The van der Waals surface area contributed by atoms with E-state index in [1.165, 1.54) is 11.1 Å². The molecule has 1 aromatic carbocycles. The van der Waals surface area contributed by atoms with Crippen LogP contribution < -0.4 is 15.0 Å². The predicted molar refractivity (Wildman–Crippen MR) is 91.8 cm³/mol. The van der Waals surface area contributed by atoms with Crippen molar-refractivity contribution in [3.63, 3.8) is 0 Å². The van der Waals surface area contributed by atoms with Gasteiger partial charge in [0.15, 0.2) is 0 Å². The Kier molecular flexibility index (Phi) is 4.78. The molecule has 4 nitrogen and oxygen atoms in total. The fourth-order valence-electron chi connectivity index (χ4n) is 3.09. The first kappa shape index (κ1) is 15.1. The minimum atomic E-state index is 0.279. The first-order valence-corrected chi connectivity index (χ1v) is 8.33. The van der Waals surface area contributed by atoms with Crippen LogP contribution in [0.2, 0.25) is 0 Å². The van der Waals surface area contributed by atoms with Gasteiger partial charge in [0.05, 0.1) is 0 Å². The Labute approximate surface area is 132 Å². The van der Waals surface area contributed by atoms with Gasteiger partial charge in [-0.2, -0.15) is 0 Å². The van der Waals surface area contributed by atoms with Crippen LogP contribution in [0.15, 0.2) is 30.5 Å². The summed E-state index contributed by atoms with van der Waals surface area (Å²) in [6.45, 7) is 8.47. The number of benzene rings is 1. The molecule has 1 N–H and O–H groups in total. The van der Waals surface area contributed by atoms with Gasteiger partial charge in [0.25, 0.3) is 0 Å². The summed E-state index contributed by atoms with van der Waals surface area (Å²) in [4.78, 5) is 6.81. The largest absolute Gasteiger partial charge is 0.474 e. The zero-order valence-corrected chi connectivity index (χ0v) is 13.5. The summed E-state index contributed by atoms with van der Waals surface area (Å²) in [5.41, 5.74) is 1.26. The van der Waals surface area contributed by atoms with Crippen LogP contribution in [-0.4, -0.2) is 37.3 Å². The lowest BCUT2D eigenvalue weighted by molar-refractivity contribution is 0.158. The molecular weight excluding hydrogens is 274 g/mol. The number of hydrogen-bond donors (Lipinski definition) is 1. The SMILES string of the molecule is CCN(CC)c1ccc2c(OC3CCNCC3)nccc2c1. The van der Waals surface area contributed by atoms with Crippen LogP contribution in [0, 0.1) is 0 Å². The molecule has 2 heterocycles. The highest BCUT2D eigenvalue weighted by Crippen LogP contribution is 2.28. The molecule has 1 saturated heterocycles. The van der Waals surface area contributed by atoms with E-state index in [0.29, 0.717) is 0 Å². The number of pyridine rings is 1. The van der Waals surface area contributed by atoms with Crippen LogP contribution in [0.5, 0.6) is 5.88 Å². The molecule has 0 atom stereocenters. The maximum absolute atomic E-state index is 6.16. The molecule has 22 heavy (non-hydrogen) atoms. The van der Waals surface area contributed by atoms with Crippen LogP contribution in [0.3, 0.4) is 0 Å². The number of ether oxygens (including phenoxy) is 1. The van der Waals surface area contributed by atoms with E-state index in [1.54, 1.807) is 0 Å². The van der Waals surface area contributed by atoms with Crippen LogP contribution in [-0.2, 0) is 0 Å². The third kappa shape index (κ3) is 3.17. The molecule has 0 spiro atoms. The molecule has 3 rings (SSSR count). The predicted octanol–water partition coefficient (Wildman–Crippen LogP) is 3.21. The minimum Gasteiger partial charge on any atom is -0.474 e. The molecule has 1 aliphatic heterocycles. The number of fused-ring (bicyclic) bond motifs is 1. The average molecular weight is 299 g/mol. The Morgan fingerprint density at radius 3 is 2.68 bits per heavy atom. The summed E-state index contributed by atoms with van der Waals surface area (Å²) >= 11 is 0. The van der Waals surface area contributed by atoms with Gasteiger partial charge in [-0.3, -0.25) is 0 Å². The molecule has 1 aromatic heterocycles. The molecule has 2 aromatic rings. The number of nitrogens with one attached hydrogen (secondary N) is 1. The molecule has 0 unspecified atom stereocenters. The summed E-state index contributed by atoms with van der Waals surface area (Å²) in [5, 5.41) is 5.67. The maximum atomic E-state index is 6.16. The topological polar surface area (TPSA) is 37.4 Å². The van der Waals surface area contributed by atoms with Crippen LogP contribution >= 0.6 is 0 Å². The van der Waals surface area contributed by atoms with Gasteiger partial charge in [0.1, 0.15) is 6.10 Å². The number of nitrogens with zero attached hydrogens (tertiary/aromatic N) is 2. The van der Waals surface area contributed by atoms with Gasteiger partial charge < -0.3 is 15.0 Å². The Morgan fingerprint density at radius 2 is 1.95 bits per heavy atom. The summed E-state index contributed by atoms with van der Waals surface area (Å²) in [5.74, 6) is 0.774. The second-order valence-electron chi connectivity index (χ2n) is 5.76. The lowest BCUT2D eigenvalue weighted by Crippen LogP contribution is -2.34. The fraction of sp³-hybridized carbons (Fsp3) is 0.500. The molecular formula is C18H25N3O. The second kappa shape index (κ2) is 6.97. The number of hydrogen-bond acceptors (Lipinski definition) is 4. The van der Waals surface area contributed by atoms with E-state index in [0.717, 1.165) is 50.3 Å². The van der Waals surface area contributed by atoms with Gasteiger partial charge in [-0.1, -0.05) is 0 Å². The lowest BCUT2D eigenvalue weighted by atomic mass is 10.1. The van der Waals surface area contributed by atoms with E-state index in [1.807, 2.05) is 6.20 Å². The highest BCUT2D eigenvalue weighted by atomic mass is 16.5. The van der Waals surface area contributed by atoms with Gasteiger partial charge in [-0.25, -0.2) is 4.98 Å². The van der Waals surface area contributed by atoms with E-state index in [2.05, 4.69) is 53.3 Å². The van der Waals surface area contributed by atoms with Crippen molar-refractivity contribution in [2.45, 2.75) is 32.8 Å². The van der Waals surface area contributed by atoms with E-state index in [-0.39, 0.29) is 6.10 Å². The molecule has 4 heteroatoms.